The second kappa shape index (κ2) is 7.76. The van der Waals surface area contributed by atoms with Gasteiger partial charge in [0, 0.05) is 19.7 Å². The summed E-state index contributed by atoms with van der Waals surface area (Å²) in [4.78, 5) is 2.18. The molecule has 0 bridgehead atoms. The van der Waals surface area contributed by atoms with E-state index in [0.717, 1.165) is 31.9 Å². The van der Waals surface area contributed by atoms with Crippen LogP contribution < -0.4 is 10.5 Å². The van der Waals surface area contributed by atoms with Gasteiger partial charge in [-0.3, -0.25) is 10.3 Å². The molecule has 1 aromatic carbocycles. The summed E-state index contributed by atoms with van der Waals surface area (Å²) in [5.74, 6) is 0.663. The van der Waals surface area contributed by atoms with Crippen LogP contribution in [0.2, 0.25) is 0 Å². The molecule has 3 N–H and O–H groups in total. The van der Waals surface area contributed by atoms with E-state index in [1.54, 1.807) is 7.11 Å². The van der Waals surface area contributed by atoms with E-state index < -0.39 is 0 Å². The van der Waals surface area contributed by atoms with E-state index in [0.29, 0.717) is 11.3 Å². The third-order valence-electron chi connectivity index (χ3n) is 2.83. The first-order chi connectivity index (χ1) is 9.08. The van der Waals surface area contributed by atoms with Gasteiger partial charge in [0.1, 0.15) is 11.6 Å². The summed E-state index contributed by atoms with van der Waals surface area (Å²) >= 11 is 0. The van der Waals surface area contributed by atoms with Crippen LogP contribution in [0.25, 0.3) is 0 Å². The number of methoxy groups -OCH3 is 1. The van der Waals surface area contributed by atoms with Crippen molar-refractivity contribution in [1.29, 1.82) is 5.41 Å². The lowest BCUT2D eigenvalue weighted by Gasteiger charge is -2.17. The van der Waals surface area contributed by atoms with Gasteiger partial charge in [-0.25, -0.2) is 0 Å². The van der Waals surface area contributed by atoms with Crippen LogP contribution >= 0.6 is 0 Å². The average molecular weight is 265 g/mol. The Morgan fingerprint density at radius 2 is 2.16 bits per heavy atom. The van der Waals surface area contributed by atoms with Crippen molar-refractivity contribution in [2.45, 2.75) is 13.5 Å². The lowest BCUT2D eigenvalue weighted by atomic mass is 10.1. The average Bonchev–Trinajstić information content (AvgIpc) is 2.38. The van der Waals surface area contributed by atoms with Gasteiger partial charge in [0.2, 0.25) is 0 Å². The molecule has 5 heteroatoms. The maximum Gasteiger partial charge on any atom is 0.130 e. The standard InChI is InChI=1S/C14H23N3O2/c1-4-19-8-7-17(2)10-11-5-6-12(14(15)16)13(9-11)18-3/h5-6,9H,4,7-8,10H2,1-3H3,(H3,15,16). The van der Waals surface area contributed by atoms with E-state index in [1.807, 2.05) is 32.2 Å². The van der Waals surface area contributed by atoms with Crippen LogP contribution in [0.5, 0.6) is 5.75 Å². The number of hydrogen-bond donors (Lipinski definition) is 2. The first-order valence-electron chi connectivity index (χ1n) is 6.36. The minimum Gasteiger partial charge on any atom is -0.496 e. The van der Waals surface area contributed by atoms with Crippen LogP contribution in [0.4, 0.5) is 0 Å². The Hall–Kier alpha value is -1.59. The fourth-order valence-corrected chi connectivity index (χ4v) is 1.81. The highest BCUT2D eigenvalue weighted by Gasteiger charge is 2.08. The number of likely N-dealkylation sites (N-methyl/N-ethyl adjacent to an activating group) is 1. The van der Waals surface area contributed by atoms with Gasteiger partial charge in [0.05, 0.1) is 19.3 Å². The molecule has 0 spiro atoms. The van der Waals surface area contributed by atoms with E-state index >= 15 is 0 Å². The molecule has 19 heavy (non-hydrogen) atoms. The SMILES string of the molecule is CCOCCN(C)Cc1ccc(C(=N)N)c(OC)c1. The zero-order valence-electron chi connectivity index (χ0n) is 11.9. The molecular formula is C14H23N3O2. The van der Waals surface area contributed by atoms with E-state index in [9.17, 15) is 0 Å². The first kappa shape index (κ1) is 15.5. The molecule has 0 heterocycles. The van der Waals surface area contributed by atoms with Crippen LogP contribution in [0, 0.1) is 5.41 Å². The molecule has 0 saturated heterocycles. The molecule has 0 aliphatic heterocycles. The Balaban J connectivity index is 2.66. The van der Waals surface area contributed by atoms with E-state index in [4.69, 9.17) is 20.6 Å². The molecule has 0 aromatic heterocycles. The van der Waals surface area contributed by atoms with Crippen LogP contribution in [-0.2, 0) is 11.3 Å². The van der Waals surface area contributed by atoms with Crippen molar-refractivity contribution in [3.8, 4) is 5.75 Å². The Kier molecular flexibility index (Phi) is 6.32. The Bertz CT molecular complexity index is 421. The molecule has 0 fully saturated rings. The number of benzene rings is 1. The van der Waals surface area contributed by atoms with Gasteiger partial charge < -0.3 is 15.2 Å². The van der Waals surface area contributed by atoms with Crippen molar-refractivity contribution in [2.24, 2.45) is 5.73 Å². The smallest absolute Gasteiger partial charge is 0.130 e. The van der Waals surface area contributed by atoms with Crippen LogP contribution in [0.1, 0.15) is 18.1 Å². The van der Waals surface area contributed by atoms with Gasteiger partial charge in [-0.1, -0.05) is 6.07 Å². The third kappa shape index (κ3) is 4.89. The number of amidine groups is 1. The highest BCUT2D eigenvalue weighted by molar-refractivity contribution is 5.97. The Morgan fingerprint density at radius 1 is 1.42 bits per heavy atom. The van der Waals surface area contributed by atoms with Crippen molar-refractivity contribution >= 4 is 5.84 Å². The van der Waals surface area contributed by atoms with Crippen molar-refractivity contribution in [3.05, 3.63) is 29.3 Å². The van der Waals surface area contributed by atoms with Crippen LogP contribution in [-0.4, -0.2) is 44.7 Å². The summed E-state index contributed by atoms with van der Waals surface area (Å²) in [5, 5.41) is 7.47. The van der Waals surface area contributed by atoms with Gasteiger partial charge in [-0.15, -0.1) is 0 Å². The second-order valence-corrected chi connectivity index (χ2v) is 4.38. The minimum atomic E-state index is 0.0214. The van der Waals surface area contributed by atoms with Crippen LogP contribution in [0.15, 0.2) is 18.2 Å². The second-order valence-electron chi connectivity index (χ2n) is 4.38. The van der Waals surface area contributed by atoms with Crippen LogP contribution in [0.3, 0.4) is 0 Å². The van der Waals surface area contributed by atoms with E-state index in [2.05, 4.69) is 4.90 Å². The zero-order chi connectivity index (χ0) is 14.3. The maximum atomic E-state index is 7.47. The van der Waals surface area contributed by atoms with E-state index in [-0.39, 0.29) is 5.84 Å². The lowest BCUT2D eigenvalue weighted by Crippen LogP contribution is -2.23. The summed E-state index contributed by atoms with van der Waals surface area (Å²) in [5.41, 5.74) is 7.25. The van der Waals surface area contributed by atoms with Gasteiger partial charge in [-0.05, 0) is 31.7 Å². The lowest BCUT2D eigenvalue weighted by molar-refractivity contribution is 0.120. The molecule has 1 aromatic rings. The van der Waals surface area contributed by atoms with Crippen molar-refractivity contribution in [2.75, 3.05) is 33.9 Å². The molecular weight excluding hydrogens is 242 g/mol. The minimum absolute atomic E-state index is 0.0214. The largest absolute Gasteiger partial charge is 0.496 e. The number of nitrogens with zero attached hydrogens (tertiary/aromatic N) is 1. The normalized spacial score (nSPS) is 10.7. The van der Waals surface area contributed by atoms with Crippen molar-refractivity contribution < 1.29 is 9.47 Å². The molecule has 0 atom stereocenters. The summed E-state index contributed by atoms with van der Waals surface area (Å²) < 4.78 is 10.6. The first-order valence-corrected chi connectivity index (χ1v) is 6.36. The van der Waals surface area contributed by atoms with Gasteiger partial charge in [0.25, 0.3) is 0 Å². The zero-order valence-corrected chi connectivity index (χ0v) is 11.9. The van der Waals surface area contributed by atoms with Gasteiger partial charge in [-0.2, -0.15) is 0 Å². The molecule has 0 saturated carbocycles. The topological polar surface area (TPSA) is 71.6 Å². The summed E-state index contributed by atoms with van der Waals surface area (Å²) in [7, 11) is 3.63. The number of nitrogens with two attached hydrogens (primary N) is 1. The highest BCUT2D eigenvalue weighted by Crippen LogP contribution is 2.20. The predicted molar refractivity (Wildman–Crippen MR) is 76.8 cm³/mol. The van der Waals surface area contributed by atoms with Gasteiger partial charge >= 0.3 is 0 Å². The van der Waals surface area contributed by atoms with E-state index in [1.165, 1.54) is 0 Å². The highest BCUT2D eigenvalue weighted by atomic mass is 16.5. The molecule has 1 rings (SSSR count). The monoisotopic (exact) mass is 265 g/mol. The molecule has 0 radical (unpaired) electrons. The molecule has 0 aliphatic rings. The number of rotatable bonds is 8. The third-order valence-corrected chi connectivity index (χ3v) is 2.83. The quantitative estimate of drug-likeness (QED) is 0.424. The van der Waals surface area contributed by atoms with Gasteiger partial charge in [0.15, 0.2) is 0 Å². The number of nitrogens with one attached hydrogen (secondary N) is 1. The molecule has 0 aliphatic carbocycles. The molecule has 0 unspecified atom stereocenters. The fraction of sp³-hybridized carbons (Fsp3) is 0.500. The fourth-order valence-electron chi connectivity index (χ4n) is 1.81. The number of hydrogen-bond acceptors (Lipinski definition) is 4. The molecule has 5 nitrogen and oxygen atoms in total. The number of ether oxygens (including phenoxy) is 2. The maximum absolute atomic E-state index is 7.47. The summed E-state index contributed by atoms with van der Waals surface area (Å²) in [6, 6.07) is 5.72. The predicted octanol–water partition coefficient (Wildman–Crippen LogP) is 1.45. The Labute approximate surface area is 114 Å². The summed E-state index contributed by atoms with van der Waals surface area (Å²) in [6.07, 6.45) is 0. The van der Waals surface area contributed by atoms with Crippen molar-refractivity contribution in [1.82, 2.24) is 4.90 Å². The Morgan fingerprint density at radius 3 is 2.74 bits per heavy atom. The number of nitrogen functional groups attached to an aromatic ring is 1. The van der Waals surface area contributed by atoms with Crippen molar-refractivity contribution in [3.63, 3.8) is 0 Å². The summed E-state index contributed by atoms with van der Waals surface area (Å²) in [6.45, 7) is 5.15. The molecule has 0 amide bonds. The molecule has 106 valence electrons.